The fraction of sp³-hybridized carbons (Fsp3) is 0.684. The first kappa shape index (κ1) is 17.1. The van der Waals surface area contributed by atoms with Crippen molar-refractivity contribution in [1.29, 1.82) is 0 Å². The molecule has 0 spiro atoms. The first-order valence-corrected chi connectivity index (χ1v) is 8.95. The molecule has 0 saturated heterocycles. The summed E-state index contributed by atoms with van der Waals surface area (Å²) < 4.78 is 16.9. The average Bonchev–Trinajstić information content (AvgIpc) is 3.12. The first-order valence-electron chi connectivity index (χ1n) is 8.95. The predicted octanol–water partition coefficient (Wildman–Crippen LogP) is 4.07. The standard InChI is InChI=1S/C19H27NO4/c1-13(2)16-17(22-3)20-19(18(21)24-16,15-10-7-11-23-15)12-14-8-5-4-6-9-14/h7,10-11,13-14,16H,4-6,8-9,12H2,1-3H3/t16-,19-/m0/s1. The molecule has 2 aliphatic rings. The van der Waals surface area contributed by atoms with Crippen LogP contribution in [0.25, 0.3) is 0 Å². The average molecular weight is 333 g/mol. The fourth-order valence-electron chi connectivity index (χ4n) is 3.85. The Morgan fingerprint density at radius 3 is 2.67 bits per heavy atom. The van der Waals surface area contributed by atoms with E-state index in [0.29, 0.717) is 24.0 Å². The topological polar surface area (TPSA) is 61.0 Å². The molecule has 2 heterocycles. The molecular weight excluding hydrogens is 306 g/mol. The minimum absolute atomic E-state index is 0.108. The molecule has 0 N–H and O–H groups in total. The molecule has 0 amide bonds. The maximum atomic E-state index is 13.0. The van der Waals surface area contributed by atoms with Crippen molar-refractivity contribution >= 4 is 11.9 Å². The summed E-state index contributed by atoms with van der Waals surface area (Å²) in [5, 5.41) is 0. The van der Waals surface area contributed by atoms with Gasteiger partial charge in [0.1, 0.15) is 5.76 Å². The normalized spacial score (nSPS) is 28.6. The number of esters is 1. The van der Waals surface area contributed by atoms with Crippen molar-refractivity contribution in [3.63, 3.8) is 0 Å². The number of rotatable bonds is 4. The summed E-state index contributed by atoms with van der Waals surface area (Å²) in [6.07, 6.45) is 7.72. The lowest BCUT2D eigenvalue weighted by molar-refractivity contribution is -0.159. The van der Waals surface area contributed by atoms with Crippen molar-refractivity contribution < 1.29 is 18.7 Å². The highest BCUT2D eigenvalue weighted by molar-refractivity contribution is 5.94. The first-order chi connectivity index (χ1) is 11.6. The van der Waals surface area contributed by atoms with E-state index in [9.17, 15) is 4.79 Å². The second-order valence-electron chi connectivity index (χ2n) is 7.27. The molecule has 132 valence electrons. The van der Waals surface area contributed by atoms with Crippen molar-refractivity contribution in [3.8, 4) is 0 Å². The number of carbonyl (C=O) groups is 1. The molecule has 1 aromatic heterocycles. The molecule has 5 nitrogen and oxygen atoms in total. The third-order valence-corrected chi connectivity index (χ3v) is 5.17. The van der Waals surface area contributed by atoms with E-state index in [0.717, 1.165) is 12.8 Å². The van der Waals surface area contributed by atoms with Gasteiger partial charge in [-0.05, 0) is 30.4 Å². The Morgan fingerprint density at radius 1 is 1.33 bits per heavy atom. The van der Waals surface area contributed by atoms with Gasteiger partial charge in [-0.3, -0.25) is 0 Å². The molecule has 0 unspecified atom stereocenters. The Bertz CT molecular complexity index is 587. The van der Waals surface area contributed by atoms with Gasteiger partial charge in [0.05, 0.1) is 13.4 Å². The van der Waals surface area contributed by atoms with Crippen molar-refractivity contribution in [2.75, 3.05) is 7.11 Å². The zero-order valence-electron chi connectivity index (χ0n) is 14.8. The van der Waals surface area contributed by atoms with Gasteiger partial charge in [-0.1, -0.05) is 46.0 Å². The van der Waals surface area contributed by atoms with E-state index in [1.54, 1.807) is 19.4 Å². The molecule has 1 aliphatic carbocycles. The van der Waals surface area contributed by atoms with Gasteiger partial charge in [0.2, 0.25) is 11.4 Å². The number of carbonyl (C=O) groups excluding carboxylic acids is 1. The summed E-state index contributed by atoms with van der Waals surface area (Å²) in [7, 11) is 1.58. The Kier molecular flexibility index (Phi) is 4.97. The summed E-state index contributed by atoms with van der Waals surface area (Å²) in [6, 6.07) is 3.61. The Labute approximate surface area is 143 Å². The highest BCUT2D eigenvalue weighted by Crippen LogP contribution is 2.42. The lowest BCUT2D eigenvalue weighted by Gasteiger charge is -2.37. The number of hydrogen-bond donors (Lipinski definition) is 0. The van der Waals surface area contributed by atoms with Gasteiger partial charge in [-0.15, -0.1) is 0 Å². The molecule has 5 heteroatoms. The lowest BCUT2D eigenvalue weighted by Crippen LogP contribution is -2.49. The van der Waals surface area contributed by atoms with Gasteiger partial charge in [0, 0.05) is 0 Å². The van der Waals surface area contributed by atoms with E-state index in [1.165, 1.54) is 19.3 Å². The minimum Gasteiger partial charge on any atom is -0.482 e. The van der Waals surface area contributed by atoms with Crippen molar-refractivity contribution in [2.45, 2.75) is 64.0 Å². The van der Waals surface area contributed by atoms with Gasteiger partial charge in [-0.25, -0.2) is 9.79 Å². The van der Waals surface area contributed by atoms with Gasteiger partial charge < -0.3 is 13.9 Å². The highest BCUT2D eigenvalue weighted by Gasteiger charge is 2.51. The number of aliphatic imine (C=N–C) groups is 1. The van der Waals surface area contributed by atoms with E-state index in [-0.39, 0.29) is 11.9 Å². The van der Waals surface area contributed by atoms with Crippen LogP contribution in [0, 0.1) is 11.8 Å². The fourth-order valence-corrected chi connectivity index (χ4v) is 3.85. The molecular formula is C19H27NO4. The minimum atomic E-state index is -1.11. The van der Waals surface area contributed by atoms with Crippen LogP contribution >= 0.6 is 0 Å². The number of ether oxygens (including phenoxy) is 2. The zero-order valence-corrected chi connectivity index (χ0v) is 14.8. The van der Waals surface area contributed by atoms with Gasteiger partial charge in [0.15, 0.2) is 6.10 Å². The predicted molar refractivity (Wildman–Crippen MR) is 90.7 cm³/mol. The van der Waals surface area contributed by atoms with E-state index >= 15 is 0 Å². The second kappa shape index (κ2) is 6.99. The zero-order chi connectivity index (χ0) is 17.2. The van der Waals surface area contributed by atoms with Crippen LogP contribution in [0.1, 0.15) is 58.1 Å². The highest BCUT2D eigenvalue weighted by atomic mass is 16.6. The summed E-state index contributed by atoms with van der Waals surface area (Å²) in [5.74, 6) is 1.28. The summed E-state index contributed by atoms with van der Waals surface area (Å²) in [6.45, 7) is 3.99. The largest absolute Gasteiger partial charge is 0.482 e. The van der Waals surface area contributed by atoms with Crippen LogP contribution in [-0.4, -0.2) is 25.1 Å². The monoisotopic (exact) mass is 333 g/mol. The molecule has 2 atom stereocenters. The van der Waals surface area contributed by atoms with E-state index in [4.69, 9.17) is 18.9 Å². The van der Waals surface area contributed by atoms with E-state index in [2.05, 4.69) is 0 Å². The lowest BCUT2D eigenvalue weighted by atomic mass is 9.78. The Morgan fingerprint density at radius 2 is 2.08 bits per heavy atom. The molecule has 1 fully saturated rings. The molecule has 24 heavy (non-hydrogen) atoms. The van der Waals surface area contributed by atoms with Crippen LogP contribution in [0.4, 0.5) is 0 Å². The molecule has 0 bridgehead atoms. The third-order valence-electron chi connectivity index (χ3n) is 5.17. The van der Waals surface area contributed by atoms with Gasteiger partial charge in [0.25, 0.3) is 0 Å². The van der Waals surface area contributed by atoms with Crippen LogP contribution in [-0.2, 0) is 19.8 Å². The van der Waals surface area contributed by atoms with Crippen molar-refractivity contribution in [2.24, 2.45) is 16.8 Å². The van der Waals surface area contributed by atoms with E-state index < -0.39 is 11.6 Å². The van der Waals surface area contributed by atoms with Crippen LogP contribution in [0.5, 0.6) is 0 Å². The molecule has 1 aromatic rings. The maximum absolute atomic E-state index is 13.0. The number of cyclic esters (lactones) is 1. The Balaban J connectivity index is 2.00. The molecule has 1 saturated carbocycles. The summed E-state index contributed by atoms with van der Waals surface area (Å²) >= 11 is 0. The van der Waals surface area contributed by atoms with E-state index in [1.807, 2.05) is 19.9 Å². The SMILES string of the molecule is COC1=N[C@@](CC2CCCCC2)(c2ccco2)C(=O)O[C@H]1C(C)C. The summed E-state index contributed by atoms with van der Waals surface area (Å²) in [4.78, 5) is 17.8. The molecule has 0 radical (unpaired) electrons. The van der Waals surface area contributed by atoms with Crippen LogP contribution in [0.15, 0.2) is 27.8 Å². The Hall–Kier alpha value is -1.78. The van der Waals surface area contributed by atoms with Crippen molar-refractivity contribution in [1.82, 2.24) is 0 Å². The van der Waals surface area contributed by atoms with Gasteiger partial charge in [-0.2, -0.15) is 0 Å². The maximum Gasteiger partial charge on any atom is 0.342 e. The van der Waals surface area contributed by atoms with Crippen LogP contribution in [0.2, 0.25) is 0 Å². The van der Waals surface area contributed by atoms with Crippen LogP contribution < -0.4 is 0 Å². The van der Waals surface area contributed by atoms with Crippen molar-refractivity contribution in [3.05, 3.63) is 24.2 Å². The number of hydrogen-bond acceptors (Lipinski definition) is 5. The molecule has 0 aromatic carbocycles. The summed E-state index contributed by atoms with van der Waals surface area (Å²) in [5.41, 5.74) is -1.11. The molecule has 3 rings (SSSR count). The number of nitrogens with zero attached hydrogens (tertiary/aromatic N) is 1. The number of methoxy groups -OCH3 is 1. The van der Waals surface area contributed by atoms with Crippen LogP contribution in [0.3, 0.4) is 0 Å². The quantitative estimate of drug-likeness (QED) is 0.779. The second-order valence-corrected chi connectivity index (χ2v) is 7.27. The van der Waals surface area contributed by atoms with Gasteiger partial charge >= 0.3 is 5.97 Å². The third kappa shape index (κ3) is 3.08. The smallest absolute Gasteiger partial charge is 0.342 e. The number of furan rings is 1. The molecule has 1 aliphatic heterocycles.